The quantitative estimate of drug-likeness (QED) is 0.811. The van der Waals surface area contributed by atoms with E-state index in [1.807, 2.05) is 30.3 Å². The lowest BCUT2D eigenvalue weighted by molar-refractivity contribution is -0.118. The lowest BCUT2D eigenvalue weighted by Gasteiger charge is -2.13. The Bertz CT molecular complexity index is 487. The van der Waals surface area contributed by atoms with Gasteiger partial charge in [0, 0.05) is 24.2 Å². The molecule has 1 N–H and O–H groups in total. The fourth-order valence-electron chi connectivity index (χ4n) is 1.57. The van der Waals surface area contributed by atoms with Gasteiger partial charge in [-0.1, -0.05) is 30.3 Å². The maximum atomic E-state index is 11.4. The molecule has 1 aromatic rings. The van der Waals surface area contributed by atoms with Gasteiger partial charge in [-0.2, -0.15) is 0 Å². The van der Waals surface area contributed by atoms with E-state index in [4.69, 9.17) is 10.7 Å². The molecule has 1 unspecified atom stereocenters. The minimum atomic E-state index is -3.67. The third kappa shape index (κ3) is 5.51. The lowest BCUT2D eigenvalue weighted by atomic mass is 10.1. The van der Waals surface area contributed by atoms with Crippen LogP contribution in [0.5, 0.6) is 0 Å². The van der Waals surface area contributed by atoms with Crippen molar-refractivity contribution in [2.24, 2.45) is 0 Å². The standard InChI is InChI=1S/C12H16ClNO3S/c1-10(15)14-9-12(18(13,16)17)8-7-11-5-3-2-4-6-11/h2-6,12H,7-9H2,1H3,(H,14,15). The van der Waals surface area contributed by atoms with Crippen molar-refractivity contribution in [1.82, 2.24) is 5.32 Å². The smallest absolute Gasteiger partial charge is 0.237 e. The largest absolute Gasteiger partial charge is 0.355 e. The van der Waals surface area contributed by atoms with E-state index in [9.17, 15) is 13.2 Å². The van der Waals surface area contributed by atoms with Crippen molar-refractivity contribution in [3.8, 4) is 0 Å². The second kappa shape index (κ2) is 6.75. The summed E-state index contributed by atoms with van der Waals surface area (Å²) in [5.74, 6) is -0.264. The van der Waals surface area contributed by atoms with Gasteiger partial charge in [0.2, 0.25) is 15.0 Å². The zero-order valence-electron chi connectivity index (χ0n) is 10.1. The van der Waals surface area contributed by atoms with Crippen LogP contribution in [0.4, 0.5) is 0 Å². The molecule has 0 aliphatic heterocycles. The zero-order valence-corrected chi connectivity index (χ0v) is 11.7. The molecular weight excluding hydrogens is 274 g/mol. The highest BCUT2D eigenvalue weighted by atomic mass is 35.7. The molecule has 0 aliphatic rings. The molecule has 0 heterocycles. The molecule has 0 aromatic heterocycles. The van der Waals surface area contributed by atoms with Gasteiger partial charge in [-0.3, -0.25) is 4.79 Å². The van der Waals surface area contributed by atoms with Gasteiger partial charge >= 0.3 is 0 Å². The SMILES string of the molecule is CC(=O)NCC(CCc1ccccc1)S(=O)(=O)Cl. The third-order valence-corrected chi connectivity index (χ3v) is 4.53. The van der Waals surface area contributed by atoms with Crippen LogP contribution in [0.2, 0.25) is 0 Å². The highest BCUT2D eigenvalue weighted by Crippen LogP contribution is 2.14. The Kier molecular flexibility index (Phi) is 5.62. The van der Waals surface area contributed by atoms with Crippen LogP contribution >= 0.6 is 10.7 Å². The van der Waals surface area contributed by atoms with Crippen LogP contribution in [0, 0.1) is 0 Å². The van der Waals surface area contributed by atoms with Gasteiger partial charge in [0.15, 0.2) is 0 Å². The van der Waals surface area contributed by atoms with Gasteiger partial charge in [-0.05, 0) is 18.4 Å². The van der Waals surface area contributed by atoms with Gasteiger partial charge in [0.05, 0.1) is 5.25 Å². The van der Waals surface area contributed by atoms with Gasteiger partial charge in [0.1, 0.15) is 0 Å². The van der Waals surface area contributed by atoms with Crippen molar-refractivity contribution in [3.63, 3.8) is 0 Å². The topological polar surface area (TPSA) is 63.2 Å². The number of aryl methyl sites for hydroxylation is 1. The molecule has 1 amide bonds. The van der Waals surface area contributed by atoms with Crippen LogP contribution in [-0.2, 0) is 20.3 Å². The first kappa shape index (κ1) is 15.0. The van der Waals surface area contributed by atoms with E-state index in [1.54, 1.807) is 0 Å². The molecule has 0 spiro atoms. The summed E-state index contributed by atoms with van der Waals surface area (Å²) < 4.78 is 22.8. The maximum absolute atomic E-state index is 11.4. The van der Waals surface area contributed by atoms with Gasteiger partial charge in [0.25, 0.3) is 0 Å². The summed E-state index contributed by atoms with van der Waals surface area (Å²) in [5.41, 5.74) is 1.05. The Labute approximate surface area is 112 Å². The summed E-state index contributed by atoms with van der Waals surface area (Å²) in [6, 6.07) is 9.55. The van der Waals surface area contributed by atoms with Crippen molar-refractivity contribution in [2.45, 2.75) is 25.0 Å². The van der Waals surface area contributed by atoms with Gasteiger partial charge < -0.3 is 5.32 Å². The van der Waals surface area contributed by atoms with Crippen molar-refractivity contribution < 1.29 is 13.2 Å². The normalized spacial score (nSPS) is 13.0. The molecule has 6 heteroatoms. The van der Waals surface area contributed by atoms with Gasteiger partial charge in [-0.25, -0.2) is 8.42 Å². The Morgan fingerprint density at radius 2 is 1.94 bits per heavy atom. The highest BCUT2D eigenvalue weighted by Gasteiger charge is 2.23. The van der Waals surface area contributed by atoms with Crippen molar-refractivity contribution in [3.05, 3.63) is 35.9 Å². The van der Waals surface area contributed by atoms with Crippen molar-refractivity contribution in [1.29, 1.82) is 0 Å². The molecule has 18 heavy (non-hydrogen) atoms. The third-order valence-electron chi connectivity index (χ3n) is 2.57. The molecule has 1 atom stereocenters. The van der Waals surface area contributed by atoms with Crippen LogP contribution < -0.4 is 5.32 Å². The minimum absolute atomic E-state index is 0.0496. The summed E-state index contributed by atoms with van der Waals surface area (Å²) in [6.45, 7) is 1.39. The number of rotatable bonds is 6. The van der Waals surface area contributed by atoms with E-state index in [1.165, 1.54) is 6.92 Å². The Hall–Kier alpha value is -1.07. The summed E-state index contributed by atoms with van der Waals surface area (Å²) in [4.78, 5) is 10.8. The average Bonchev–Trinajstić information content (AvgIpc) is 2.28. The van der Waals surface area contributed by atoms with E-state index in [2.05, 4.69) is 5.32 Å². The summed E-state index contributed by atoms with van der Waals surface area (Å²) in [7, 11) is 1.70. The molecule has 0 fully saturated rings. The fraction of sp³-hybridized carbons (Fsp3) is 0.417. The number of benzene rings is 1. The first-order valence-electron chi connectivity index (χ1n) is 5.61. The van der Waals surface area contributed by atoms with E-state index in [0.29, 0.717) is 12.8 Å². The number of halogens is 1. The second-order valence-electron chi connectivity index (χ2n) is 4.06. The maximum Gasteiger partial charge on any atom is 0.237 e. The van der Waals surface area contributed by atoms with Crippen molar-refractivity contribution in [2.75, 3.05) is 6.54 Å². The predicted octanol–water partition coefficient (Wildman–Crippen LogP) is 1.69. The molecule has 100 valence electrons. The van der Waals surface area contributed by atoms with Crippen LogP contribution in [-0.4, -0.2) is 26.1 Å². The highest BCUT2D eigenvalue weighted by molar-refractivity contribution is 8.14. The van der Waals surface area contributed by atoms with Crippen LogP contribution in [0.25, 0.3) is 0 Å². The van der Waals surface area contributed by atoms with E-state index in [0.717, 1.165) is 5.56 Å². The predicted molar refractivity (Wildman–Crippen MR) is 72.0 cm³/mol. The summed E-state index contributed by atoms with van der Waals surface area (Å²) in [5, 5.41) is 1.73. The number of hydrogen-bond donors (Lipinski definition) is 1. The Morgan fingerprint density at radius 3 is 2.44 bits per heavy atom. The molecule has 0 radical (unpaired) electrons. The molecule has 1 aromatic carbocycles. The number of amides is 1. The Morgan fingerprint density at radius 1 is 1.33 bits per heavy atom. The number of hydrogen-bond acceptors (Lipinski definition) is 3. The number of nitrogens with one attached hydrogen (secondary N) is 1. The van der Waals surface area contributed by atoms with Crippen LogP contribution in [0.3, 0.4) is 0 Å². The molecule has 0 saturated carbocycles. The van der Waals surface area contributed by atoms with Gasteiger partial charge in [-0.15, -0.1) is 0 Å². The molecule has 0 bridgehead atoms. The second-order valence-corrected chi connectivity index (χ2v) is 6.97. The Balaban J connectivity index is 2.60. The van der Waals surface area contributed by atoms with Crippen molar-refractivity contribution >= 4 is 25.6 Å². The molecule has 0 aliphatic carbocycles. The van der Waals surface area contributed by atoms with E-state index in [-0.39, 0.29) is 12.5 Å². The first-order chi connectivity index (χ1) is 8.39. The number of carbonyl (C=O) groups excluding carboxylic acids is 1. The van der Waals surface area contributed by atoms with Crippen LogP contribution in [0.1, 0.15) is 18.9 Å². The first-order valence-corrected chi connectivity index (χ1v) is 7.98. The van der Waals surface area contributed by atoms with E-state index >= 15 is 0 Å². The van der Waals surface area contributed by atoms with E-state index < -0.39 is 14.3 Å². The monoisotopic (exact) mass is 289 g/mol. The zero-order chi connectivity index (χ0) is 13.6. The number of carbonyl (C=O) groups is 1. The summed E-state index contributed by atoms with van der Waals surface area (Å²) >= 11 is 0. The average molecular weight is 290 g/mol. The lowest BCUT2D eigenvalue weighted by Crippen LogP contribution is -2.34. The molecule has 4 nitrogen and oxygen atoms in total. The molecule has 1 rings (SSSR count). The fourth-order valence-corrected chi connectivity index (χ4v) is 2.71. The minimum Gasteiger partial charge on any atom is -0.355 e. The molecular formula is C12H16ClNO3S. The van der Waals surface area contributed by atoms with Crippen LogP contribution in [0.15, 0.2) is 30.3 Å². The molecule has 0 saturated heterocycles. The summed E-state index contributed by atoms with van der Waals surface area (Å²) in [6.07, 6.45) is 0.993.